The summed E-state index contributed by atoms with van der Waals surface area (Å²) in [5, 5.41) is 33.4. The lowest BCUT2D eigenvalue weighted by Gasteiger charge is -2.31. The second-order valence-electron chi connectivity index (χ2n) is 14.9. The number of rotatable bonds is 10. The van der Waals surface area contributed by atoms with Crippen LogP contribution in [0.25, 0.3) is 27.8 Å². The largest absolute Gasteiger partial charge is 0.507 e. The van der Waals surface area contributed by atoms with Crippen molar-refractivity contribution in [3.63, 3.8) is 0 Å². The second kappa shape index (κ2) is 11.3. The number of phenolic OH excluding ortho intramolecular Hbond substituents is 2. The Hall–Kier alpha value is -3.34. The van der Waals surface area contributed by atoms with Crippen molar-refractivity contribution in [1.29, 1.82) is 0 Å². The fraction of sp³-hybridized carbons (Fsp3) is 0.526. The SMILES string of the molecule is CCC(C)(C)c1cc(-c2cccc3nn(-c4cc(C(C)(C)CC)cc(C(C)(C)CC)c4O)nc23)c(O)c(C(C)(C)CC)c1. The number of aromatic hydroxyl groups is 2. The third-order valence-electron chi connectivity index (χ3n) is 10.7. The zero-order valence-corrected chi connectivity index (χ0v) is 28.6. The summed E-state index contributed by atoms with van der Waals surface area (Å²) in [7, 11) is 0. The molecule has 232 valence electrons. The van der Waals surface area contributed by atoms with E-state index in [2.05, 4.69) is 101 Å². The van der Waals surface area contributed by atoms with E-state index in [0.717, 1.165) is 53.5 Å². The van der Waals surface area contributed by atoms with Crippen molar-refractivity contribution in [3.05, 3.63) is 64.7 Å². The van der Waals surface area contributed by atoms with Gasteiger partial charge in [-0.1, -0.05) is 107 Å². The number of phenols is 2. The van der Waals surface area contributed by atoms with E-state index in [1.807, 2.05) is 24.3 Å². The maximum atomic E-state index is 11.8. The molecule has 0 amide bonds. The highest BCUT2D eigenvalue weighted by molar-refractivity contribution is 5.94. The minimum Gasteiger partial charge on any atom is -0.507 e. The van der Waals surface area contributed by atoms with E-state index in [1.54, 1.807) is 4.80 Å². The van der Waals surface area contributed by atoms with E-state index >= 15 is 0 Å². The van der Waals surface area contributed by atoms with Crippen LogP contribution in [0.2, 0.25) is 0 Å². The lowest BCUT2D eigenvalue weighted by molar-refractivity contribution is 0.420. The normalized spacial score (nSPS) is 13.2. The van der Waals surface area contributed by atoms with Gasteiger partial charge in [-0.3, -0.25) is 0 Å². The lowest BCUT2D eigenvalue weighted by Crippen LogP contribution is -2.21. The van der Waals surface area contributed by atoms with Gasteiger partial charge >= 0.3 is 0 Å². The van der Waals surface area contributed by atoms with Crippen LogP contribution in [0.15, 0.2) is 42.5 Å². The van der Waals surface area contributed by atoms with E-state index < -0.39 is 0 Å². The molecule has 4 rings (SSSR count). The van der Waals surface area contributed by atoms with Crippen LogP contribution in [0.3, 0.4) is 0 Å². The van der Waals surface area contributed by atoms with E-state index in [1.165, 1.54) is 5.56 Å². The smallest absolute Gasteiger partial charge is 0.146 e. The van der Waals surface area contributed by atoms with Crippen molar-refractivity contribution < 1.29 is 10.2 Å². The molecule has 0 spiro atoms. The Bertz CT molecular complexity index is 1640. The average molecular weight is 584 g/mol. The van der Waals surface area contributed by atoms with Gasteiger partial charge < -0.3 is 10.2 Å². The van der Waals surface area contributed by atoms with Crippen LogP contribution < -0.4 is 0 Å². The van der Waals surface area contributed by atoms with Crippen molar-refractivity contribution in [2.75, 3.05) is 0 Å². The molecule has 0 aliphatic rings. The molecule has 1 heterocycles. The maximum absolute atomic E-state index is 11.8. The van der Waals surface area contributed by atoms with Gasteiger partial charge in [0, 0.05) is 22.3 Å². The Labute approximate surface area is 259 Å². The minimum absolute atomic E-state index is 0.0622. The first-order chi connectivity index (χ1) is 19.9. The highest BCUT2D eigenvalue weighted by Crippen LogP contribution is 2.46. The molecule has 0 saturated heterocycles. The standard InChI is InChI=1S/C38H53N3O2/c1-13-35(5,6)24-20-27(33(42)28(21-24)37(9,10)15-3)26-18-17-19-30-32(26)40-41(39-30)31-23-25(36(7,8)14-2)22-29(34(31)43)38(11,12)16-4/h17-23,42-43H,13-16H2,1-12H3. The zero-order chi connectivity index (χ0) is 32.1. The predicted molar refractivity (Wildman–Crippen MR) is 181 cm³/mol. The van der Waals surface area contributed by atoms with Gasteiger partial charge in [0.1, 0.15) is 28.2 Å². The van der Waals surface area contributed by atoms with Crippen molar-refractivity contribution in [3.8, 4) is 28.3 Å². The summed E-state index contributed by atoms with van der Waals surface area (Å²) >= 11 is 0. The van der Waals surface area contributed by atoms with Gasteiger partial charge in [0.2, 0.25) is 0 Å². The molecule has 5 nitrogen and oxygen atoms in total. The topological polar surface area (TPSA) is 71.2 Å². The molecule has 5 heteroatoms. The van der Waals surface area contributed by atoms with Gasteiger partial charge in [-0.15, -0.1) is 15.0 Å². The highest BCUT2D eigenvalue weighted by Gasteiger charge is 2.31. The third-order valence-corrected chi connectivity index (χ3v) is 10.7. The number of fused-ring (bicyclic) bond motifs is 1. The van der Waals surface area contributed by atoms with Gasteiger partial charge in [-0.2, -0.15) is 0 Å². The Balaban J connectivity index is 2.04. The fourth-order valence-electron chi connectivity index (χ4n) is 5.48. The van der Waals surface area contributed by atoms with Crippen LogP contribution in [-0.2, 0) is 21.7 Å². The molecule has 0 atom stereocenters. The van der Waals surface area contributed by atoms with Gasteiger partial charge in [0.25, 0.3) is 0 Å². The van der Waals surface area contributed by atoms with Crippen molar-refractivity contribution in [1.82, 2.24) is 15.0 Å². The van der Waals surface area contributed by atoms with Gasteiger partial charge in [0.15, 0.2) is 0 Å². The molecule has 0 aliphatic carbocycles. The zero-order valence-electron chi connectivity index (χ0n) is 28.6. The van der Waals surface area contributed by atoms with Crippen LogP contribution in [0.1, 0.15) is 131 Å². The second-order valence-corrected chi connectivity index (χ2v) is 14.9. The number of hydrogen-bond donors (Lipinski definition) is 2. The summed E-state index contributed by atoms with van der Waals surface area (Å²) in [6.45, 7) is 26.4. The van der Waals surface area contributed by atoms with Gasteiger partial charge in [-0.05, 0) is 76.7 Å². The molecule has 0 bridgehead atoms. The predicted octanol–water partition coefficient (Wildman–Crippen LogP) is 10.2. The molecule has 4 aromatic rings. The molecule has 0 unspecified atom stereocenters. The van der Waals surface area contributed by atoms with Crippen LogP contribution in [0, 0.1) is 0 Å². The Morgan fingerprint density at radius 2 is 1.07 bits per heavy atom. The van der Waals surface area contributed by atoms with E-state index in [-0.39, 0.29) is 27.4 Å². The van der Waals surface area contributed by atoms with E-state index in [9.17, 15) is 10.2 Å². The van der Waals surface area contributed by atoms with E-state index in [0.29, 0.717) is 22.5 Å². The molecular formula is C38H53N3O2. The summed E-state index contributed by atoms with van der Waals surface area (Å²) < 4.78 is 0. The van der Waals surface area contributed by atoms with Crippen molar-refractivity contribution in [2.24, 2.45) is 0 Å². The van der Waals surface area contributed by atoms with Crippen LogP contribution >= 0.6 is 0 Å². The lowest BCUT2D eigenvalue weighted by atomic mass is 9.74. The molecule has 0 fully saturated rings. The average Bonchev–Trinajstić information content (AvgIpc) is 3.41. The first-order valence-electron chi connectivity index (χ1n) is 16.1. The molecule has 1 aromatic heterocycles. The molecule has 43 heavy (non-hydrogen) atoms. The molecule has 0 saturated carbocycles. The Morgan fingerprint density at radius 1 is 0.581 bits per heavy atom. The van der Waals surface area contributed by atoms with Crippen LogP contribution in [0.5, 0.6) is 11.5 Å². The molecule has 3 aromatic carbocycles. The Kier molecular flexibility index (Phi) is 8.56. The molecule has 0 radical (unpaired) electrons. The molecule has 0 aliphatic heterocycles. The van der Waals surface area contributed by atoms with Gasteiger partial charge in [0.05, 0.1) is 0 Å². The summed E-state index contributed by atoms with van der Waals surface area (Å²) in [5.41, 5.74) is 7.22. The van der Waals surface area contributed by atoms with Crippen LogP contribution in [-0.4, -0.2) is 25.2 Å². The van der Waals surface area contributed by atoms with Crippen LogP contribution in [0.4, 0.5) is 0 Å². The van der Waals surface area contributed by atoms with E-state index in [4.69, 9.17) is 10.2 Å². The van der Waals surface area contributed by atoms with Crippen molar-refractivity contribution >= 4 is 11.0 Å². The number of nitrogens with zero attached hydrogens (tertiary/aromatic N) is 3. The molecular weight excluding hydrogens is 530 g/mol. The quantitative estimate of drug-likeness (QED) is 0.195. The monoisotopic (exact) mass is 583 g/mol. The summed E-state index contributed by atoms with van der Waals surface area (Å²) in [4.78, 5) is 1.59. The Morgan fingerprint density at radius 3 is 1.58 bits per heavy atom. The fourth-order valence-corrected chi connectivity index (χ4v) is 5.48. The summed E-state index contributed by atoms with van der Waals surface area (Å²) in [6, 6.07) is 14.5. The first-order valence-corrected chi connectivity index (χ1v) is 16.1. The van der Waals surface area contributed by atoms with Crippen molar-refractivity contribution in [2.45, 2.75) is 130 Å². The highest BCUT2D eigenvalue weighted by atomic mass is 16.3. The number of benzene rings is 3. The maximum Gasteiger partial charge on any atom is 0.146 e. The minimum atomic E-state index is -0.225. The summed E-state index contributed by atoms with van der Waals surface area (Å²) in [6.07, 6.45) is 3.72. The molecule has 2 N–H and O–H groups in total. The number of hydrogen-bond acceptors (Lipinski definition) is 4. The van der Waals surface area contributed by atoms with Gasteiger partial charge in [-0.25, -0.2) is 0 Å². The number of aromatic nitrogens is 3. The summed E-state index contributed by atoms with van der Waals surface area (Å²) in [5.74, 6) is 0.511. The third kappa shape index (κ3) is 5.80. The first kappa shape index (κ1) is 32.6.